The molecule has 1 N–H and O–H groups in total. The molecule has 0 aromatic carbocycles. The van der Waals surface area contributed by atoms with E-state index in [4.69, 9.17) is 0 Å². The number of rotatable bonds is 2. The third-order valence-corrected chi connectivity index (χ3v) is 3.32. The van der Waals surface area contributed by atoms with Gasteiger partial charge in [0.25, 0.3) is 0 Å². The van der Waals surface area contributed by atoms with Crippen LogP contribution in [0.3, 0.4) is 0 Å². The summed E-state index contributed by atoms with van der Waals surface area (Å²) in [6.07, 6.45) is 6.24. The molecule has 1 heterocycles. The van der Waals surface area contributed by atoms with Crippen LogP contribution in [0.15, 0.2) is 4.63 Å². The van der Waals surface area contributed by atoms with E-state index < -0.39 is 0 Å². The van der Waals surface area contributed by atoms with Crippen molar-refractivity contribution in [3.63, 3.8) is 0 Å². The zero-order valence-electron chi connectivity index (χ0n) is 9.15. The maximum Gasteiger partial charge on any atom is 0.108 e. The van der Waals surface area contributed by atoms with Gasteiger partial charge in [0.05, 0.1) is 6.10 Å². The molecule has 0 spiro atoms. The van der Waals surface area contributed by atoms with Crippen LogP contribution in [0.2, 0.25) is 0 Å². The predicted molar refractivity (Wildman–Crippen MR) is 55.3 cm³/mol. The van der Waals surface area contributed by atoms with Crippen LogP contribution in [-0.4, -0.2) is 21.5 Å². The van der Waals surface area contributed by atoms with Crippen LogP contribution in [0.5, 0.6) is 0 Å². The van der Waals surface area contributed by atoms with Gasteiger partial charge in [0.2, 0.25) is 0 Å². The van der Waals surface area contributed by atoms with Gasteiger partial charge in [-0.2, -0.15) is 0 Å². The van der Waals surface area contributed by atoms with Crippen LogP contribution in [0.1, 0.15) is 43.5 Å². The van der Waals surface area contributed by atoms with Crippen molar-refractivity contribution in [3.05, 3.63) is 11.4 Å². The van der Waals surface area contributed by atoms with Gasteiger partial charge >= 0.3 is 0 Å². The van der Waals surface area contributed by atoms with E-state index in [9.17, 15) is 5.11 Å². The lowest BCUT2D eigenvalue weighted by atomic mass is 9.92. The number of aliphatic hydroxyl groups is 1. The van der Waals surface area contributed by atoms with Crippen molar-refractivity contribution in [2.24, 2.45) is 5.92 Å². The van der Waals surface area contributed by atoms with Crippen molar-refractivity contribution in [2.45, 2.75) is 51.6 Å². The second-order valence-electron chi connectivity index (χ2n) is 4.47. The van der Waals surface area contributed by atoms with E-state index in [0.29, 0.717) is 5.92 Å². The summed E-state index contributed by atoms with van der Waals surface area (Å²) in [4.78, 5) is 0. The zero-order valence-corrected chi connectivity index (χ0v) is 9.15. The standard InChI is InChI=1S/C11H18N2O2/c1-8-10(13-15-12-8)7-9-5-3-2-4-6-11(9)14/h9,11,14H,2-7H2,1H3. The first-order valence-electron chi connectivity index (χ1n) is 5.73. The van der Waals surface area contributed by atoms with Gasteiger partial charge < -0.3 is 5.11 Å². The minimum atomic E-state index is -0.177. The Morgan fingerprint density at radius 1 is 1.27 bits per heavy atom. The van der Waals surface area contributed by atoms with Gasteiger partial charge in [0, 0.05) is 6.42 Å². The highest BCUT2D eigenvalue weighted by Crippen LogP contribution is 2.26. The quantitative estimate of drug-likeness (QED) is 0.757. The molecular weight excluding hydrogens is 192 g/mol. The Kier molecular flexibility index (Phi) is 3.36. The summed E-state index contributed by atoms with van der Waals surface area (Å²) in [5, 5.41) is 17.6. The van der Waals surface area contributed by atoms with Gasteiger partial charge in [-0.1, -0.05) is 29.6 Å². The van der Waals surface area contributed by atoms with Crippen molar-refractivity contribution in [2.75, 3.05) is 0 Å². The summed E-state index contributed by atoms with van der Waals surface area (Å²) in [7, 11) is 0. The molecule has 0 amide bonds. The third-order valence-electron chi connectivity index (χ3n) is 3.32. The van der Waals surface area contributed by atoms with E-state index in [1.165, 1.54) is 12.8 Å². The second kappa shape index (κ2) is 4.75. The summed E-state index contributed by atoms with van der Waals surface area (Å²) in [5.74, 6) is 0.332. The normalized spacial score (nSPS) is 27.6. The molecule has 2 rings (SSSR count). The molecule has 1 aromatic rings. The van der Waals surface area contributed by atoms with Crippen LogP contribution in [-0.2, 0) is 6.42 Å². The fourth-order valence-electron chi connectivity index (χ4n) is 2.29. The highest BCUT2D eigenvalue weighted by atomic mass is 16.6. The van der Waals surface area contributed by atoms with Crippen LogP contribution >= 0.6 is 0 Å². The number of nitrogens with zero attached hydrogens (tertiary/aromatic N) is 2. The number of hydrogen-bond donors (Lipinski definition) is 1. The molecule has 2 atom stereocenters. The Hall–Kier alpha value is -0.900. The van der Waals surface area contributed by atoms with E-state index in [1.54, 1.807) is 0 Å². The van der Waals surface area contributed by atoms with Crippen LogP contribution in [0.25, 0.3) is 0 Å². The lowest BCUT2D eigenvalue weighted by Crippen LogP contribution is -2.21. The van der Waals surface area contributed by atoms with E-state index in [-0.39, 0.29) is 6.10 Å². The molecule has 1 fully saturated rings. The molecule has 0 saturated heterocycles. The average Bonchev–Trinajstić information content (AvgIpc) is 2.50. The summed E-state index contributed by atoms with van der Waals surface area (Å²) in [6.45, 7) is 1.90. The maximum absolute atomic E-state index is 9.96. The summed E-state index contributed by atoms with van der Waals surface area (Å²) in [5.41, 5.74) is 1.76. The fraction of sp³-hybridized carbons (Fsp3) is 0.818. The summed E-state index contributed by atoms with van der Waals surface area (Å²) in [6, 6.07) is 0. The molecular formula is C11H18N2O2. The average molecular weight is 210 g/mol. The van der Waals surface area contributed by atoms with Gasteiger partial charge in [-0.05, 0) is 25.7 Å². The smallest absolute Gasteiger partial charge is 0.108 e. The Labute approximate surface area is 89.6 Å². The minimum absolute atomic E-state index is 0.177. The molecule has 2 unspecified atom stereocenters. The number of aryl methyl sites for hydroxylation is 1. The van der Waals surface area contributed by atoms with Crippen molar-refractivity contribution in [1.82, 2.24) is 10.3 Å². The molecule has 0 aliphatic heterocycles. The first kappa shape index (κ1) is 10.6. The lowest BCUT2D eigenvalue weighted by molar-refractivity contribution is 0.0995. The Morgan fingerprint density at radius 2 is 2.07 bits per heavy atom. The molecule has 1 aromatic heterocycles. The SMILES string of the molecule is Cc1nonc1CC1CCCCCC1O. The van der Waals surface area contributed by atoms with Gasteiger partial charge in [-0.25, -0.2) is 4.63 Å². The van der Waals surface area contributed by atoms with Gasteiger partial charge in [0.15, 0.2) is 0 Å². The van der Waals surface area contributed by atoms with Crippen LogP contribution in [0.4, 0.5) is 0 Å². The second-order valence-corrected chi connectivity index (χ2v) is 4.47. The first-order chi connectivity index (χ1) is 7.27. The molecule has 1 aliphatic carbocycles. The van der Waals surface area contributed by atoms with Crippen molar-refractivity contribution >= 4 is 0 Å². The topological polar surface area (TPSA) is 59.2 Å². The molecule has 4 heteroatoms. The lowest BCUT2D eigenvalue weighted by Gasteiger charge is -2.18. The molecule has 15 heavy (non-hydrogen) atoms. The van der Waals surface area contributed by atoms with Crippen molar-refractivity contribution in [1.29, 1.82) is 0 Å². The molecule has 0 bridgehead atoms. The largest absolute Gasteiger partial charge is 0.393 e. The number of aliphatic hydroxyl groups excluding tert-OH is 1. The Morgan fingerprint density at radius 3 is 2.80 bits per heavy atom. The van der Waals surface area contributed by atoms with Crippen LogP contribution in [0, 0.1) is 12.8 Å². The van der Waals surface area contributed by atoms with E-state index in [1.807, 2.05) is 6.92 Å². The first-order valence-corrected chi connectivity index (χ1v) is 5.73. The number of hydrogen-bond acceptors (Lipinski definition) is 4. The van der Waals surface area contributed by atoms with E-state index in [2.05, 4.69) is 14.9 Å². The summed E-state index contributed by atoms with van der Waals surface area (Å²) < 4.78 is 4.67. The molecule has 4 nitrogen and oxygen atoms in total. The number of aromatic nitrogens is 2. The van der Waals surface area contributed by atoms with Gasteiger partial charge in [0.1, 0.15) is 11.4 Å². The van der Waals surface area contributed by atoms with Crippen LogP contribution < -0.4 is 0 Å². The maximum atomic E-state index is 9.96. The minimum Gasteiger partial charge on any atom is -0.393 e. The third kappa shape index (κ3) is 2.56. The highest BCUT2D eigenvalue weighted by Gasteiger charge is 2.23. The monoisotopic (exact) mass is 210 g/mol. The Bertz CT molecular complexity index is 311. The van der Waals surface area contributed by atoms with E-state index >= 15 is 0 Å². The van der Waals surface area contributed by atoms with Gasteiger partial charge in [-0.3, -0.25) is 0 Å². The fourth-order valence-corrected chi connectivity index (χ4v) is 2.29. The highest BCUT2D eigenvalue weighted by molar-refractivity contribution is 5.06. The van der Waals surface area contributed by atoms with Crippen molar-refractivity contribution in [3.8, 4) is 0 Å². The van der Waals surface area contributed by atoms with Gasteiger partial charge in [-0.15, -0.1) is 0 Å². The summed E-state index contributed by atoms with van der Waals surface area (Å²) >= 11 is 0. The zero-order chi connectivity index (χ0) is 10.7. The molecule has 84 valence electrons. The van der Waals surface area contributed by atoms with E-state index in [0.717, 1.165) is 37.1 Å². The van der Waals surface area contributed by atoms with Crippen molar-refractivity contribution < 1.29 is 9.74 Å². The predicted octanol–water partition coefficient (Wildman–Crippen LogP) is 1.86. The molecule has 1 aliphatic rings. The molecule has 1 saturated carbocycles. The Balaban J connectivity index is 2.00. The molecule has 0 radical (unpaired) electrons.